The van der Waals surface area contributed by atoms with Crippen molar-refractivity contribution in [2.45, 2.75) is 44.1 Å². The molecule has 5 heteroatoms. The lowest BCUT2D eigenvalue weighted by atomic mass is 9.82. The molecule has 2 rings (SSSR count). The zero-order valence-electron chi connectivity index (χ0n) is 10.6. The smallest absolute Gasteiger partial charge is 0.227 e. The quantitative estimate of drug-likeness (QED) is 0.889. The summed E-state index contributed by atoms with van der Waals surface area (Å²) in [6.45, 7) is 0. The Morgan fingerprint density at radius 3 is 2.74 bits per heavy atom. The van der Waals surface area contributed by atoms with Crippen LogP contribution >= 0.6 is 15.9 Å². The fraction of sp³-hybridized carbons (Fsp3) is 0.500. The molecule has 104 valence electrons. The second-order valence-corrected chi connectivity index (χ2v) is 6.05. The lowest BCUT2D eigenvalue weighted by Crippen LogP contribution is -2.36. The first-order valence-electron chi connectivity index (χ1n) is 6.46. The molecule has 1 fully saturated rings. The molecule has 0 heterocycles. The predicted octanol–water partition coefficient (Wildman–Crippen LogP) is 3.61. The van der Waals surface area contributed by atoms with Crippen molar-refractivity contribution < 1.29 is 14.3 Å². The van der Waals surface area contributed by atoms with Gasteiger partial charge < -0.3 is 10.4 Å². The van der Waals surface area contributed by atoms with Crippen LogP contribution in [0, 0.1) is 5.82 Å². The topological polar surface area (TPSA) is 49.3 Å². The summed E-state index contributed by atoms with van der Waals surface area (Å²) in [5.41, 5.74) is -0.788. The number of carbonyl (C=O) groups is 1. The molecular formula is C14H17BrFNO2. The molecule has 1 saturated carbocycles. The molecule has 0 atom stereocenters. The highest BCUT2D eigenvalue weighted by Gasteiger charge is 2.31. The second kappa shape index (κ2) is 6.01. The third-order valence-corrected chi connectivity index (χ3v) is 3.97. The van der Waals surface area contributed by atoms with Crippen LogP contribution in [-0.4, -0.2) is 16.6 Å². The Hall–Kier alpha value is -0.940. The molecule has 0 bridgehead atoms. The monoisotopic (exact) mass is 329 g/mol. The Balaban J connectivity index is 1.99. The zero-order valence-corrected chi connectivity index (χ0v) is 12.2. The number of carbonyl (C=O) groups excluding carboxylic acids is 1. The van der Waals surface area contributed by atoms with Gasteiger partial charge in [0.15, 0.2) is 0 Å². The number of nitrogens with one attached hydrogen (secondary N) is 1. The normalized spacial score (nSPS) is 18.1. The van der Waals surface area contributed by atoms with Gasteiger partial charge in [-0.05, 0) is 31.0 Å². The van der Waals surface area contributed by atoms with Gasteiger partial charge >= 0.3 is 0 Å². The zero-order chi connectivity index (χ0) is 13.9. The van der Waals surface area contributed by atoms with Crippen molar-refractivity contribution in [3.05, 3.63) is 28.5 Å². The van der Waals surface area contributed by atoms with E-state index in [2.05, 4.69) is 21.2 Å². The summed E-state index contributed by atoms with van der Waals surface area (Å²) in [6.07, 6.45) is 4.29. The van der Waals surface area contributed by atoms with Gasteiger partial charge in [-0.25, -0.2) is 4.39 Å². The fourth-order valence-electron chi connectivity index (χ4n) is 2.47. The molecule has 2 N–H and O–H groups in total. The van der Waals surface area contributed by atoms with Crippen LogP contribution in [0.5, 0.6) is 0 Å². The molecule has 0 spiro atoms. The summed E-state index contributed by atoms with van der Waals surface area (Å²) in [4.78, 5) is 11.9. The minimum atomic E-state index is -0.926. The molecule has 0 saturated heterocycles. The summed E-state index contributed by atoms with van der Waals surface area (Å²) in [5, 5.41) is 12.8. The fourth-order valence-corrected chi connectivity index (χ4v) is 2.83. The minimum absolute atomic E-state index is 0.0267. The van der Waals surface area contributed by atoms with E-state index in [1.807, 2.05) is 0 Å². The third kappa shape index (κ3) is 4.01. The molecule has 0 aliphatic heterocycles. The number of halogens is 2. The predicted molar refractivity (Wildman–Crippen MR) is 75.4 cm³/mol. The maximum Gasteiger partial charge on any atom is 0.227 e. The average molecular weight is 330 g/mol. The SMILES string of the molecule is O=C(CC1(O)CCCCC1)Nc1cc(Br)ccc1F. The minimum Gasteiger partial charge on any atom is -0.389 e. The standard InChI is InChI=1S/C14H17BrFNO2/c15-10-4-5-11(16)12(8-10)17-13(18)9-14(19)6-2-1-3-7-14/h4-5,8,19H,1-3,6-7,9H2,(H,17,18). The van der Waals surface area contributed by atoms with E-state index < -0.39 is 11.4 Å². The van der Waals surface area contributed by atoms with Gasteiger partial charge in [0, 0.05) is 4.47 Å². The second-order valence-electron chi connectivity index (χ2n) is 5.13. The highest BCUT2D eigenvalue weighted by molar-refractivity contribution is 9.10. The van der Waals surface area contributed by atoms with Crippen molar-refractivity contribution in [2.24, 2.45) is 0 Å². The molecule has 0 aromatic heterocycles. The largest absolute Gasteiger partial charge is 0.389 e. The summed E-state index contributed by atoms with van der Waals surface area (Å²) >= 11 is 3.23. The van der Waals surface area contributed by atoms with Crippen LogP contribution in [0.4, 0.5) is 10.1 Å². The van der Waals surface area contributed by atoms with Crippen molar-refractivity contribution in [3.8, 4) is 0 Å². The summed E-state index contributed by atoms with van der Waals surface area (Å²) < 4.78 is 14.2. The van der Waals surface area contributed by atoms with Crippen LogP contribution in [-0.2, 0) is 4.79 Å². The highest BCUT2D eigenvalue weighted by Crippen LogP contribution is 2.31. The molecule has 1 aromatic rings. The van der Waals surface area contributed by atoms with Gasteiger partial charge in [-0.15, -0.1) is 0 Å². The average Bonchev–Trinajstić information content (AvgIpc) is 2.34. The lowest BCUT2D eigenvalue weighted by molar-refractivity contribution is -0.122. The van der Waals surface area contributed by atoms with Gasteiger partial charge in [-0.1, -0.05) is 35.2 Å². The van der Waals surface area contributed by atoms with Gasteiger partial charge in [0.2, 0.25) is 5.91 Å². The van der Waals surface area contributed by atoms with Gasteiger partial charge in [-0.3, -0.25) is 4.79 Å². The van der Waals surface area contributed by atoms with E-state index >= 15 is 0 Å². The number of hydrogen-bond donors (Lipinski definition) is 2. The van der Waals surface area contributed by atoms with Crippen molar-refractivity contribution in [1.29, 1.82) is 0 Å². The molecule has 0 radical (unpaired) electrons. The van der Waals surface area contributed by atoms with Crippen molar-refractivity contribution in [1.82, 2.24) is 0 Å². The van der Waals surface area contributed by atoms with Gasteiger partial charge in [0.1, 0.15) is 5.82 Å². The van der Waals surface area contributed by atoms with Gasteiger partial charge in [0.05, 0.1) is 17.7 Å². The first kappa shape index (κ1) is 14.5. The summed E-state index contributed by atoms with van der Waals surface area (Å²) in [5.74, 6) is -0.825. The number of benzene rings is 1. The Bertz CT molecular complexity index is 473. The van der Waals surface area contributed by atoms with E-state index in [1.165, 1.54) is 12.1 Å². The maximum atomic E-state index is 13.5. The summed E-state index contributed by atoms with van der Waals surface area (Å²) in [6, 6.07) is 4.37. The van der Waals surface area contributed by atoms with Crippen LogP contribution in [0.15, 0.2) is 22.7 Å². The van der Waals surface area contributed by atoms with Gasteiger partial charge in [0.25, 0.3) is 0 Å². The lowest BCUT2D eigenvalue weighted by Gasteiger charge is -2.31. The third-order valence-electron chi connectivity index (χ3n) is 3.48. The molecule has 0 unspecified atom stereocenters. The van der Waals surface area contributed by atoms with E-state index in [1.54, 1.807) is 6.07 Å². The van der Waals surface area contributed by atoms with Crippen molar-refractivity contribution in [3.63, 3.8) is 0 Å². The molecule has 1 aliphatic rings. The van der Waals surface area contributed by atoms with E-state index in [4.69, 9.17) is 0 Å². The Morgan fingerprint density at radius 2 is 2.05 bits per heavy atom. The van der Waals surface area contributed by atoms with Crippen molar-refractivity contribution in [2.75, 3.05) is 5.32 Å². The number of anilines is 1. The van der Waals surface area contributed by atoms with Crippen LogP contribution in [0.25, 0.3) is 0 Å². The first-order chi connectivity index (χ1) is 8.98. The summed E-state index contributed by atoms with van der Waals surface area (Å²) in [7, 11) is 0. The number of aliphatic hydroxyl groups is 1. The van der Waals surface area contributed by atoms with E-state index in [9.17, 15) is 14.3 Å². The van der Waals surface area contributed by atoms with E-state index in [0.717, 1.165) is 19.3 Å². The van der Waals surface area contributed by atoms with E-state index in [-0.39, 0.29) is 18.0 Å². The van der Waals surface area contributed by atoms with Crippen LogP contribution < -0.4 is 5.32 Å². The highest BCUT2D eigenvalue weighted by atomic mass is 79.9. The van der Waals surface area contributed by atoms with E-state index in [0.29, 0.717) is 17.3 Å². The molecule has 1 amide bonds. The molecule has 1 aromatic carbocycles. The van der Waals surface area contributed by atoms with Crippen LogP contribution in [0.3, 0.4) is 0 Å². The van der Waals surface area contributed by atoms with Crippen LogP contribution in [0.1, 0.15) is 38.5 Å². The Morgan fingerprint density at radius 1 is 1.37 bits per heavy atom. The number of amides is 1. The van der Waals surface area contributed by atoms with Crippen LogP contribution in [0.2, 0.25) is 0 Å². The Kier molecular flexibility index (Phi) is 4.58. The number of hydrogen-bond acceptors (Lipinski definition) is 2. The molecule has 1 aliphatic carbocycles. The first-order valence-corrected chi connectivity index (χ1v) is 7.25. The van der Waals surface area contributed by atoms with Crippen molar-refractivity contribution >= 4 is 27.5 Å². The molecule has 19 heavy (non-hydrogen) atoms. The maximum absolute atomic E-state index is 13.5. The number of rotatable bonds is 3. The molecule has 3 nitrogen and oxygen atoms in total. The molecular weight excluding hydrogens is 313 g/mol. The van der Waals surface area contributed by atoms with Gasteiger partial charge in [-0.2, -0.15) is 0 Å². The Labute approximate surface area is 120 Å².